The second kappa shape index (κ2) is 8.64. The van der Waals surface area contributed by atoms with Crippen LogP contribution in [0.1, 0.15) is 54.9 Å². The number of nitrogens with one attached hydrogen (secondary N) is 1. The van der Waals surface area contributed by atoms with Crippen LogP contribution in [0.15, 0.2) is 54.1 Å². The zero-order valence-electron chi connectivity index (χ0n) is 16.9. The van der Waals surface area contributed by atoms with E-state index in [0.717, 1.165) is 47.3 Å². The summed E-state index contributed by atoms with van der Waals surface area (Å²) in [5.41, 5.74) is 5.08. The zero-order valence-corrected chi connectivity index (χ0v) is 16.9. The smallest absolute Gasteiger partial charge is 0.224 e. The molecule has 0 saturated heterocycles. The van der Waals surface area contributed by atoms with Crippen molar-refractivity contribution in [2.24, 2.45) is 0 Å². The monoisotopic (exact) mass is 389 g/mol. The number of hydrogen-bond acceptors (Lipinski definition) is 3. The Kier molecular flexibility index (Phi) is 5.79. The lowest BCUT2D eigenvalue weighted by atomic mass is 9.95. The molecule has 4 heteroatoms. The number of hydrogen-bond donors (Lipinski definition) is 1. The van der Waals surface area contributed by atoms with Crippen molar-refractivity contribution in [3.8, 4) is 16.9 Å². The summed E-state index contributed by atoms with van der Waals surface area (Å²) in [6.07, 6.45) is 7.99. The summed E-state index contributed by atoms with van der Waals surface area (Å²) in [5.74, 6) is 1.00. The maximum atomic E-state index is 12.2. The molecule has 1 heterocycles. The highest BCUT2D eigenvalue weighted by molar-refractivity contribution is 6.00. The van der Waals surface area contributed by atoms with Crippen molar-refractivity contribution in [2.45, 2.75) is 51.6 Å². The average Bonchev–Trinajstić information content (AvgIpc) is 3.15. The van der Waals surface area contributed by atoms with E-state index in [0.29, 0.717) is 13.0 Å². The number of amides is 1. The Morgan fingerprint density at radius 3 is 2.79 bits per heavy atom. The third-order valence-electron chi connectivity index (χ3n) is 5.72. The van der Waals surface area contributed by atoms with Crippen LogP contribution < -0.4 is 10.1 Å². The highest BCUT2D eigenvalue weighted by atomic mass is 16.5. The first-order valence-corrected chi connectivity index (χ1v) is 10.4. The lowest BCUT2D eigenvalue weighted by Gasteiger charge is -2.14. The first kappa shape index (κ1) is 19.4. The third-order valence-corrected chi connectivity index (χ3v) is 5.72. The number of rotatable bonds is 6. The van der Waals surface area contributed by atoms with Gasteiger partial charge in [0.25, 0.3) is 0 Å². The van der Waals surface area contributed by atoms with E-state index in [-0.39, 0.29) is 17.8 Å². The van der Waals surface area contributed by atoms with Crippen molar-refractivity contribution < 1.29 is 14.3 Å². The molecule has 0 spiro atoms. The number of Topliss-reactive ketones (excluding diaryl/α,β-unsaturated/α-hetero) is 1. The van der Waals surface area contributed by atoms with Crippen LogP contribution in [0, 0.1) is 0 Å². The fourth-order valence-corrected chi connectivity index (χ4v) is 4.21. The van der Waals surface area contributed by atoms with E-state index >= 15 is 0 Å². The highest BCUT2D eigenvalue weighted by Crippen LogP contribution is 2.34. The van der Waals surface area contributed by atoms with Gasteiger partial charge in [0.1, 0.15) is 11.9 Å². The first-order chi connectivity index (χ1) is 14.1. The fraction of sp³-hybridized carbons (Fsp3) is 0.360. The van der Waals surface area contributed by atoms with Crippen LogP contribution in [0.5, 0.6) is 5.75 Å². The molecule has 1 unspecified atom stereocenters. The van der Waals surface area contributed by atoms with Crippen LogP contribution in [-0.4, -0.2) is 24.3 Å². The van der Waals surface area contributed by atoms with Gasteiger partial charge in [-0.05, 0) is 61.4 Å². The number of benzene rings is 2. The van der Waals surface area contributed by atoms with Gasteiger partial charge in [0, 0.05) is 18.4 Å². The van der Waals surface area contributed by atoms with Crippen molar-refractivity contribution in [3.63, 3.8) is 0 Å². The lowest BCUT2D eigenvalue weighted by Crippen LogP contribution is -2.34. The number of carbonyl (C=O) groups excluding carboxylic acids is 2. The van der Waals surface area contributed by atoms with Crippen molar-refractivity contribution in [1.29, 1.82) is 0 Å². The number of ketones is 1. The molecule has 0 aromatic heterocycles. The van der Waals surface area contributed by atoms with E-state index in [2.05, 4.69) is 17.5 Å². The Hall–Kier alpha value is -2.88. The molecule has 1 N–H and O–H groups in total. The molecule has 0 bridgehead atoms. The Morgan fingerprint density at radius 1 is 1.14 bits per heavy atom. The molecule has 2 aromatic carbocycles. The van der Waals surface area contributed by atoms with Gasteiger partial charge in [-0.25, -0.2) is 0 Å². The van der Waals surface area contributed by atoms with Gasteiger partial charge in [-0.15, -0.1) is 0 Å². The molecule has 4 rings (SSSR count). The minimum absolute atomic E-state index is 0.0485. The molecular formula is C25H27NO3. The minimum Gasteiger partial charge on any atom is -0.488 e. The molecule has 2 aromatic rings. The standard InChI is InChI=1S/C25H27NO3/c1-17(27)22-9-5-6-10-23(22)19-11-12-24-20(14-19)15-21(29-24)16-26-25(28)13-18-7-3-2-4-8-18/h5-7,9-12,14,21H,2-4,8,13,15-16H2,1H3,(H,26,28). The predicted molar refractivity (Wildman–Crippen MR) is 114 cm³/mol. The van der Waals surface area contributed by atoms with Gasteiger partial charge in [-0.1, -0.05) is 42.0 Å². The highest BCUT2D eigenvalue weighted by Gasteiger charge is 2.24. The number of allylic oxidation sites excluding steroid dienone is 1. The molecule has 1 amide bonds. The Balaban J connectivity index is 1.38. The Labute approximate surface area is 172 Å². The largest absolute Gasteiger partial charge is 0.488 e. The summed E-state index contributed by atoms with van der Waals surface area (Å²) in [7, 11) is 0. The van der Waals surface area contributed by atoms with Gasteiger partial charge in [0.2, 0.25) is 5.91 Å². The Morgan fingerprint density at radius 2 is 2.00 bits per heavy atom. The first-order valence-electron chi connectivity index (χ1n) is 10.4. The molecule has 0 fully saturated rings. The van der Waals surface area contributed by atoms with Gasteiger partial charge >= 0.3 is 0 Å². The summed E-state index contributed by atoms with van der Waals surface area (Å²) >= 11 is 0. The van der Waals surface area contributed by atoms with E-state index in [1.54, 1.807) is 6.92 Å². The molecule has 150 valence electrons. The third kappa shape index (κ3) is 4.58. The van der Waals surface area contributed by atoms with E-state index in [1.165, 1.54) is 18.4 Å². The van der Waals surface area contributed by atoms with E-state index in [1.807, 2.05) is 36.4 Å². The van der Waals surface area contributed by atoms with Gasteiger partial charge < -0.3 is 10.1 Å². The maximum Gasteiger partial charge on any atom is 0.224 e. The second-order valence-electron chi connectivity index (χ2n) is 7.96. The second-order valence-corrected chi connectivity index (χ2v) is 7.96. The predicted octanol–water partition coefficient (Wildman–Crippen LogP) is 4.87. The minimum atomic E-state index is -0.0485. The molecule has 29 heavy (non-hydrogen) atoms. The number of carbonyl (C=O) groups is 2. The molecule has 1 atom stereocenters. The SMILES string of the molecule is CC(=O)c1ccccc1-c1ccc2c(c1)CC(CNC(=O)CC1=CCCCC1)O2. The molecule has 1 aliphatic carbocycles. The normalized spacial score (nSPS) is 17.8. The van der Waals surface area contributed by atoms with Gasteiger partial charge in [-0.3, -0.25) is 9.59 Å². The van der Waals surface area contributed by atoms with Gasteiger partial charge in [-0.2, -0.15) is 0 Å². The lowest BCUT2D eigenvalue weighted by molar-refractivity contribution is -0.120. The molecule has 2 aliphatic rings. The van der Waals surface area contributed by atoms with Crippen molar-refractivity contribution in [2.75, 3.05) is 6.54 Å². The topological polar surface area (TPSA) is 55.4 Å². The molecule has 1 aliphatic heterocycles. The van der Waals surface area contributed by atoms with Crippen molar-refractivity contribution in [1.82, 2.24) is 5.32 Å². The summed E-state index contributed by atoms with van der Waals surface area (Å²) < 4.78 is 6.02. The van der Waals surface area contributed by atoms with Crippen LogP contribution in [0.3, 0.4) is 0 Å². The van der Waals surface area contributed by atoms with Crippen molar-refractivity contribution in [3.05, 3.63) is 65.2 Å². The molecule has 0 saturated carbocycles. The molecule has 0 radical (unpaired) electrons. The van der Waals surface area contributed by atoms with E-state index in [4.69, 9.17) is 4.74 Å². The number of ether oxygens (including phenoxy) is 1. The van der Waals surface area contributed by atoms with Crippen LogP contribution in [0.2, 0.25) is 0 Å². The summed E-state index contributed by atoms with van der Waals surface area (Å²) in [6, 6.07) is 13.7. The molecule has 4 nitrogen and oxygen atoms in total. The van der Waals surface area contributed by atoms with Crippen molar-refractivity contribution >= 4 is 11.7 Å². The van der Waals surface area contributed by atoms with Gasteiger partial charge in [0.05, 0.1) is 6.54 Å². The van der Waals surface area contributed by atoms with E-state index in [9.17, 15) is 9.59 Å². The molecular weight excluding hydrogens is 362 g/mol. The van der Waals surface area contributed by atoms with Crippen LogP contribution in [-0.2, 0) is 11.2 Å². The summed E-state index contributed by atoms with van der Waals surface area (Å²) in [6.45, 7) is 2.11. The van der Waals surface area contributed by atoms with E-state index < -0.39 is 0 Å². The Bertz CT molecular complexity index is 960. The van der Waals surface area contributed by atoms with Crippen LogP contribution >= 0.6 is 0 Å². The van der Waals surface area contributed by atoms with Crippen LogP contribution in [0.25, 0.3) is 11.1 Å². The zero-order chi connectivity index (χ0) is 20.2. The average molecular weight is 389 g/mol. The number of fused-ring (bicyclic) bond motifs is 1. The maximum absolute atomic E-state index is 12.2. The van der Waals surface area contributed by atoms with Crippen LogP contribution in [0.4, 0.5) is 0 Å². The summed E-state index contributed by atoms with van der Waals surface area (Å²) in [5, 5.41) is 3.03. The quantitative estimate of drug-likeness (QED) is 0.567. The van der Waals surface area contributed by atoms with Gasteiger partial charge in [0.15, 0.2) is 5.78 Å². The summed E-state index contributed by atoms with van der Waals surface area (Å²) in [4.78, 5) is 24.2. The fourth-order valence-electron chi connectivity index (χ4n) is 4.21.